The van der Waals surface area contributed by atoms with E-state index in [0.29, 0.717) is 19.5 Å². The van der Waals surface area contributed by atoms with Crippen molar-refractivity contribution in [1.29, 1.82) is 0 Å². The standard InChI is InChI=1S/C20H23FN2O3S/c1-16(17-7-3-2-4-8-17)15-20(24)22-11-13-23(14-12-22)27(25,26)19-10-6-5-9-18(19)21/h2-10,16H,11-15H2,1H3. The molecule has 0 bridgehead atoms. The molecule has 0 radical (unpaired) electrons. The summed E-state index contributed by atoms with van der Waals surface area (Å²) in [6.45, 7) is 2.97. The molecule has 1 saturated heterocycles. The summed E-state index contributed by atoms with van der Waals surface area (Å²) in [5.74, 6) is -0.652. The largest absolute Gasteiger partial charge is 0.340 e. The lowest BCUT2D eigenvalue weighted by Gasteiger charge is -2.34. The second kappa shape index (κ2) is 8.19. The average molecular weight is 390 g/mol. The Morgan fingerprint density at radius 3 is 2.22 bits per heavy atom. The van der Waals surface area contributed by atoms with Gasteiger partial charge in [-0.2, -0.15) is 4.31 Å². The maximum atomic E-state index is 13.9. The summed E-state index contributed by atoms with van der Waals surface area (Å²) in [5, 5.41) is 0. The molecular formula is C20H23FN2O3S. The number of benzene rings is 2. The van der Waals surface area contributed by atoms with Crippen molar-refractivity contribution in [3.05, 3.63) is 66.0 Å². The van der Waals surface area contributed by atoms with Crippen LogP contribution in [-0.4, -0.2) is 49.7 Å². The number of piperazine rings is 1. The predicted octanol–water partition coefficient (Wildman–Crippen LogP) is 2.85. The van der Waals surface area contributed by atoms with E-state index in [1.165, 1.54) is 22.5 Å². The number of carbonyl (C=O) groups is 1. The van der Waals surface area contributed by atoms with E-state index in [-0.39, 0.29) is 29.8 Å². The number of rotatable bonds is 5. The van der Waals surface area contributed by atoms with Gasteiger partial charge in [0.25, 0.3) is 0 Å². The molecule has 1 aliphatic heterocycles. The summed E-state index contributed by atoms with van der Waals surface area (Å²) in [7, 11) is -3.89. The summed E-state index contributed by atoms with van der Waals surface area (Å²) >= 11 is 0. The molecule has 1 atom stereocenters. The van der Waals surface area contributed by atoms with Crippen LogP contribution in [-0.2, 0) is 14.8 Å². The van der Waals surface area contributed by atoms with Crippen molar-refractivity contribution < 1.29 is 17.6 Å². The van der Waals surface area contributed by atoms with Crippen molar-refractivity contribution in [2.75, 3.05) is 26.2 Å². The quantitative estimate of drug-likeness (QED) is 0.789. The highest BCUT2D eigenvalue weighted by atomic mass is 32.2. The van der Waals surface area contributed by atoms with Crippen LogP contribution in [0.15, 0.2) is 59.5 Å². The maximum absolute atomic E-state index is 13.9. The summed E-state index contributed by atoms with van der Waals surface area (Å²) in [4.78, 5) is 13.9. The first-order valence-corrected chi connectivity index (χ1v) is 10.4. The van der Waals surface area contributed by atoms with Crippen LogP contribution in [0.3, 0.4) is 0 Å². The topological polar surface area (TPSA) is 57.7 Å². The van der Waals surface area contributed by atoms with E-state index in [4.69, 9.17) is 0 Å². The summed E-state index contributed by atoms with van der Waals surface area (Å²) in [6.07, 6.45) is 0.379. The van der Waals surface area contributed by atoms with E-state index in [1.54, 1.807) is 4.90 Å². The van der Waals surface area contributed by atoms with Crippen molar-refractivity contribution in [2.24, 2.45) is 0 Å². The number of nitrogens with zero attached hydrogens (tertiary/aromatic N) is 2. The van der Waals surface area contributed by atoms with Gasteiger partial charge >= 0.3 is 0 Å². The third kappa shape index (κ3) is 4.36. The van der Waals surface area contributed by atoms with E-state index >= 15 is 0 Å². The third-order valence-corrected chi connectivity index (χ3v) is 6.83. The smallest absolute Gasteiger partial charge is 0.246 e. The zero-order valence-corrected chi connectivity index (χ0v) is 16.0. The lowest BCUT2D eigenvalue weighted by atomic mass is 9.97. The summed E-state index contributed by atoms with van der Waals surface area (Å²) in [5.41, 5.74) is 1.10. The van der Waals surface area contributed by atoms with Gasteiger partial charge < -0.3 is 4.90 Å². The third-order valence-electron chi connectivity index (χ3n) is 4.90. The zero-order chi connectivity index (χ0) is 19.4. The van der Waals surface area contributed by atoms with Crippen LogP contribution in [0, 0.1) is 5.82 Å². The number of hydrogen-bond donors (Lipinski definition) is 0. The van der Waals surface area contributed by atoms with Crippen molar-refractivity contribution >= 4 is 15.9 Å². The Hall–Kier alpha value is -2.25. The van der Waals surface area contributed by atoms with Crippen LogP contribution < -0.4 is 0 Å². The van der Waals surface area contributed by atoms with Crippen LogP contribution in [0.4, 0.5) is 4.39 Å². The Bertz CT molecular complexity index is 894. The molecule has 0 spiro atoms. The number of amides is 1. The van der Waals surface area contributed by atoms with Gasteiger partial charge in [-0.25, -0.2) is 12.8 Å². The molecule has 27 heavy (non-hydrogen) atoms. The summed E-state index contributed by atoms with van der Waals surface area (Å²) in [6, 6.07) is 15.2. The van der Waals surface area contributed by atoms with Crippen LogP contribution in [0.5, 0.6) is 0 Å². The minimum Gasteiger partial charge on any atom is -0.340 e. The van der Waals surface area contributed by atoms with Gasteiger partial charge in [0.1, 0.15) is 10.7 Å². The van der Waals surface area contributed by atoms with Crippen LogP contribution in [0.1, 0.15) is 24.8 Å². The lowest BCUT2D eigenvalue weighted by molar-refractivity contribution is -0.132. The predicted molar refractivity (Wildman–Crippen MR) is 101 cm³/mol. The Balaban J connectivity index is 1.60. The Kier molecular flexibility index (Phi) is 5.92. The summed E-state index contributed by atoms with van der Waals surface area (Å²) < 4.78 is 40.4. The van der Waals surface area contributed by atoms with Crippen molar-refractivity contribution in [2.45, 2.75) is 24.2 Å². The van der Waals surface area contributed by atoms with Crippen molar-refractivity contribution in [3.63, 3.8) is 0 Å². The fourth-order valence-electron chi connectivity index (χ4n) is 3.26. The first-order chi connectivity index (χ1) is 12.9. The molecule has 1 amide bonds. The minimum atomic E-state index is -3.89. The second-order valence-corrected chi connectivity index (χ2v) is 8.64. The van der Waals surface area contributed by atoms with Gasteiger partial charge in [0.15, 0.2) is 0 Å². The van der Waals surface area contributed by atoms with Crippen molar-refractivity contribution in [3.8, 4) is 0 Å². The fraction of sp³-hybridized carbons (Fsp3) is 0.350. The van der Waals surface area contributed by atoms with E-state index < -0.39 is 15.8 Å². The van der Waals surface area contributed by atoms with E-state index in [2.05, 4.69) is 0 Å². The highest BCUT2D eigenvalue weighted by Crippen LogP contribution is 2.23. The van der Waals surface area contributed by atoms with Gasteiger partial charge in [0.2, 0.25) is 15.9 Å². The molecule has 7 heteroatoms. The van der Waals surface area contributed by atoms with Crippen LogP contribution in [0.2, 0.25) is 0 Å². The first-order valence-electron chi connectivity index (χ1n) is 8.97. The molecule has 2 aromatic rings. The molecule has 1 unspecified atom stereocenters. The molecule has 2 aromatic carbocycles. The molecule has 0 aromatic heterocycles. The van der Waals surface area contributed by atoms with Crippen LogP contribution in [0.25, 0.3) is 0 Å². The van der Waals surface area contributed by atoms with Crippen LogP contribution >= 0.6 is 0 Å². The van der Waals surface area contributed by atoms with E-state index in [0.717, 1.165) is 11.6 Å². The van der Waals surface area contributed by atoms with Gasteiger partial charge in [0, 0.05) is 32.6 Å². The first kappa shape index (κ1) is 19.5. The zero-order valence-electron chi connectivity index (χ0n) is 15.2. The SMILES string of the molecule is CC(CC(=O)N1CCN(S(=O)(=O)c2ccccc2F)CC1)c1ccccc1. The number of carbonyl (C=O) groups excluding carboxylic acids is 1. The molecule has 0 N–H and O–H groups in total. The van der Waals surface area contributed by atoms with Gasteiger partial charge in [-0.1, -0.05) is 49.4 Å². The average Bonchev–Trinajstić information content (AvgIpc) is 2.69. The highest BCUT2D eigenvalue weighted by molar-refractivity contribution is 7.89. The minimum absolute atomic E-state index is 0.00860. The van der Waals surface area contributed by atoms with E-state index in [1.807, 2.05) is 37.3 Å². The highest BCUT2D eigenvalue weighted by Gasteiger charge is 2.32. The van der Waals surface area contributed by atoms with E-state index in [9.17, 15) is 17.6 Å². The lowest BCUT2D eigenvalue weighted by Crippen LogP contribution is -2.50. The number of sulfonamides is 1. The maximum Gasteiger partial charge on any atom is 0.246 e. The molecule has 0 saturated carbocycles. The fourth-order valence-corrected chi connectivity index (χ4v) is 4.75. The van der Waals surface area contributed by atoms with Gasteiger partial charge in [-0.05, 0) is 23.6 Å². The monoisotopic (exact) mass is 390 g/mol. The molecule has 144 valence electrons. The molecule has 5 nitrogen and oxygen atoms in total. The second-order valence-electron chi connectivity index (χ2n) is 6.73. The van der Waals surface area contributed by atoms with Gasteiger partial charge in [0.05, 0.1) is 0 Å². The Morgan fingerprint density at radius 1 is 1.00 bits per heavy atom. The molecule has 0 aliphatic carbocycles. The van der Waals surface area contributed by atoms with Crippen molar-refractivity contribution in [1.82, 2.24) is 9.21 Å². The van der Waals surface area contributed by atoms with Gasteiger partial charge in [-0.15, -0.1) is 0 Å². The Morgan fingerprint density at radius 2 is 1.59 bits per heavy atom. The molecular weight excluding hydrogens is 367 g/mol. The number of halogens is 1. The Labute approximate surface area is 159 Å². The molecule has 1 fully saturated rings. The molecule has 1 heterocycles. The normalized spacial score (nSPS) is 16.9. The molecule has 3 rings (SSSR count). The molecule has 1 aliphatic rings. The number of hydrogen-bond acceptors (Lipinski definition) is 3. The van der Waals surface area contributed by atoms with Gasteiger partial charge in [-0.3, -0.25) is 4.79 Å².